The number of carbonyl (C=O) groups is 2. The van der Waals surface area contributed by atoms with E-state index in [9.17, 15) is 19.8 Å². The van der Waals surface area contributed by atoms with Gasteiger partial charge in [0.05, 0.1) is 19.8 Å². The Morgan fingerprint density at radius 2 is 1.48 bits per heavy atom. The van der Waals surface area contributed by atoms with Crippen molar-refractivity contribution in [2.75, 3.05) is 13.7 Å². The molecule has 1 heterocycles. The number of amides is 1. The van der Waals surface area contributed by atoms with E-state index in [2.05, 4.69) is 50.4 Å². The van der Waals surface area contributed by atoms with E-state index in [1.807, 2.05) is 60.7 Å². The fourth-order valence-corrected chi connectivity index (χ4v) is 10.4. The zero-order valence-corrected chi connectivity index (χ0v) is 24.4. The van der Waals surface area contributed by atoms with E-state index in [0.29, 0.717) is 13.0 Å². The minimum Gasteiger partial charge on any atom is -0.497 e. The molecule has 8 nitrogen and oxygen atoms in total. The van der Waals surface area contributed by atoms with Crippen LogP contribution in [0, 0.1) is 0 Å². The van der Waals surface area contributed by atoms with E-state index < -0.39 is 38.5 Å². The molecule has 4 rings (SSSR count). The van der Waals surface area contributed by atoms with Crippen LogP contribution in [0.15, 0.2) is 84.9 Å². The first-order valence-corrected chi connectivity index (χ1v) is 15.3. The van der Waals surface area contributed by atoms with Crippen LogP contribution in [0.25, 0.3) is 0 Å². The van der Waals surface area contributed by atoms with Crippen LogP contribution in [-0.4, -0.2) is 67.3 Å². The largest absolute Gasteiger partial charge is 0.497 e. The van der Waals surface area contributed by atoms with Crippen LogP contribution in [-0.2, 0) is 15.8 Å². The van der Waals surface area contributed by atoms with Gasteiger partial charge in [0.15, 0.2) is 0 Å². The smallest absolute Gasteiger partial charge is 0.408 e. The van der Waals surface area contributed by atoms with Crippen molar-refractivity contribution in [3.8, 4) is 5.75 Å². The minimum atomic E-state index is -2.93. The molecule has 0 bridgehead atoms. The fourth-order valence-electron chi connectivity index (χ4n) is 5.84. The molecular weight excluding hydrogens is 524 g/mol. The predicted molar refractivity (Wildman–Crippen MR) is 157 cm³/mol. The van der Waals surface area contributed by atoms with Crippen LogP contribution in [0.3, 0.4) is 0 Å². The number of hydrogen-bond donors (Lipinski definition) is 3. The maximum absolute atomic E-state index is 12.5. The lowest BCUT2D eigenvalue weighted by Crippen LogP contribution is -2.67. The average molecular weight is 563 g/mol. The van der Waals surface area contributed by atoms with Gasteiger partial charge >= 0.3 is 12.1 Å². The monoisotopic (exact) mass is 562 g/mol. The van der Waals surface area contributed by atoms with Gasteiger partial charge in [0.1, 0.15) is 11.8 Å². The molecule has 0 unspecified atom stereocenters. The Balaban J connectivity index is 1.64. The molecule has 3 atom stereocenters. The SMILES string of the molecule is COc1ccc(CN[C@H]2C[C@@H](CO[Si](c3ccccc3)(c3ccccc3)C(C)(C)C)N(C(=O)O)[C@H]2C(=O)O)cc1. The Kier molecular flexibility index (Phi) is 8.97. The van der Waals surface area contributed by atoms with Gasteiger partial charge in [-0.3, -0.25) is 4.90 Å². The van der Waals surface area contributed by atoms with Crippen molar-refractivity contribution < 1.29 is 29.0 Å². The van der Waals surface area contributed by atoms with Crippen LogP contribution in [0.1, 0.15) is 32.8 Å². The Labute approximate surface area is 236 Å². The molecule has 1 aliphatic rings. The molecule has 1 aliphatic heterocycles. The molecule has 9 heteroatoms. The number of likely N-dealkylation sites (tertiary alicyclic amines) is 1. The number of nitrogens with one attached hydrogen (secondary N) is 1. The molecule has 1 saturated heterocycles. The Hall–Kier alpha value is -3.66. The highest BCUT2D eigenvalue weighted by Crippen LogP contribution is 2.38. The lowest BCUT2D eigenvalue weighted by Gasteiger charge is -2.44. The van der Waals surface area contributed by atoms with Crippen LogP contribution in [0.5, 0.6) is 5.75 Å². The summed E-state index contributed by atoms with van der Waals surface area (Å²) in [5.74, 6) is -0.451. The van der Waals surface area contributed by atoms with Gasteiger partial charge in [-0.05, 0) is 39.5 Å². The molecule has 3 aromatic carbocycles. The van der Waals surface area contributed by atoms with Gasteiger partial charge < -0.3 is 24.7 Å². The zero-order valence-electron chi connectivity index (χ0n) is 23.4. The maximum atomic E-state index is 12.5. The van der Waals surface area contributed by atoms with Crippen LogP contribution in [0.4, 0.5) is 4.79 Å². The molecule has 1 amide bonds. The van der Waals surface area contributed by atoms with Crippen molar-refractivity contribution in [3.63, 3.8) is 0 Å². The normalized spacial score (nSPS) is 19.4. The number of hydrogen-bond acceptors (Lipinski definition) is 5. The van der Waals surface area contributed by atoms with Gasteiger partial charge in [0.25, 0.3) is 8.32 Å². The molecule has 3 aromatic rings. The predicted octanol–water partition coefficient (Wildman–Crippen LogP) is 3.94. The molecule has 1 fully saturated rings. The standard InChI is InChI=1S/C31H38N2O6Si/c1-31(2,3)40(25-11-7-5-8-12-25,26-13-9-6-10-14-26)39-21-23-19-27(28(29(34)35)33(23)30(36)37)32-20-22-15-17-24(38-4)18-16-22/h5-18,23,27-28,32H,19-21H2,1-4H3,(H,34,35)(H,36,37)/t23-,27-,28+/m0/s1. The van der Waals surface area contributed by atoms with Crippen molar-refractivity contribution in [1.29, 1.82) is 0 Å². The van der Waals surface area contributed by atoms with Crippen molar-refractivity contribution >= 4 is 30.8 Å². The van der Waals surface area contributed by atoms with Crippen LogP contribution in [0.2, 0.25) is 5.04 Å². The Morgan fingerprint density at radius 3 is 1.93 bits per heavy atom. The van der Waals surface area contributed by atoms with E-state index in [1.165, 1.54) is 0 Å². The Bertz CT molecular complexity index is 1240. The molecule has 40 heavy (non-hydrogen) atoms. The number of methoxy groups -OCH3 is 1. The van der Waals surface area contributed by atoms with Crippen molar-refractivity contribution in [1.82, 2.24) is 10.2 Å². The highest BCUT2D eigenvalue weighted by Gasteiger charge is 2.53. The minimum absolute atomic E-state index is 0.0874. The van der Waals surface area contributed by atoms with Crippen molar-refractivity contribution in [2.24, 2.45) is 0 Å². The average Bonchev–Trinajstić information content (AvgIpc) is 3.32. The lowest BCUT2D eigenvalue weighted by molar-refractivity contribution is -0.142. The maximum Gasteiger partial charge on any atom is 0.408 e. The van der Waals surface area contributed by atoms with Crippen molar-refractivity contribution in [3.05, 3.63) is 90.5 Å². The number of benzene rings is 3. The van der Waals surface area contributed by atoms with E-state index in [-0.39, 0.29) is 11.6 Å². The molecule has 0 saturated carbocycles. The zero-order chi connectivity index (χ0) is 28.9. The fraction of sp³-hybridized carbons (Fsp3) is 0.355. The second kappa shape index (κ2) is 12.2. The topological polar surface area (TPSA) is 108 Å². The Morgan fingerprint density at radius 1 is 0.925 bits per heavy atom. The van der Waals surface area contributed by atoms with Crippen LogP contribution >= 0.6 is 0 Å². The lowest BCUT2D eigenvalue weighted by atomic mass is 10.1. The summed E-state index contributed by atoms with van der Waals surface area (Å²) in [5.41, 5.74) is 0.943. The number of carboxylic acids is 1. The van der Waals surface area contributed by atoms with Crippen molar-refractivity contribution in [2.45, 2.75) is 56.9 Å². The summed E-state index contributed by atoms with van der Waals surface area (Å²) >= 11 is 0. The van der Waals surface area contributed by atoms with Gasteiger partial charge in [-0.15, -0.1) is 0 Å². The summed E-state index contributed by atoms with van der Waals surface area (Å²) in [7, 11) is -1.34. The number of carboxylic acid groups (broad SMARTS) is 2. The van der Waals surface area contributed by atoms with E-state index >= 15 is 0 Å². The van der Waals surface area contributed by atoms with Gasteiger partial charge in [0.2, 0.25) is 0 Å². The number of ether oxygens (including phenoxy) is 1. The van der Waals surface area contributed by atoms with Gasteiger partial charge in [-0.25, -0.2) is 9.59 Å². The molecular formula is C31H38N2O6Si. The first kappa shape index (κ1) is 29.3. The third-order valence-corrected chi connectivity index (χ3v) is 12.7. The molecule has 212 valence electrons. The third-order valence-electron chi connectivity index (χ3n) is 7.71. The summed E-state index contributed by atoms with van der Waals surface area (Å²) in [5, 5.41) is 25.4. The van der Waals surface area contributed by atoms with Crippen LogP contribution < -0.4 is 20.4 Å². The second-order valence-corrected chi connectivity index (χ2v) is 15.5. The summed E-state index contributed by atoms with van der Waals surface area (Å²) < 4.78 is 12.2. The number of aliphatic carboxylic acids is 1. The number of nitrogens with zero attached hydrogens (tertiary/aromatic N) is 1. The van der Waals surface area contributed by atoms with E-state index in [0.717, 1.165) is 26.6 Å². The molecule has 3 N–H and O–H groups in total. The van der Waals surface area contributed by atoms with E-state index in [1.54, 1.807) is 7.11 Å². The summed E-state index contributed by atoms with van der Waals surface area (Å²) in [4.78, 5) is 25.9. The molecule has 0 aliphatic carbocycles. The van der Waals surface area contributed by atoms with Gasteiger partial charge in [-0.2, -0.15) is 0 Å². The molecule has 0 aromatic heterocycles. The summed E-state index contributed by atoms with van der Waals surface area (Å²) in [6.07, 6.45) is -0.949. The first-order chi connectivity index (χ1) is 19.1. The van der Waals surface area contributed by atoms with Gasteiger partial charge in [0, 0.05) is 12.6 Å². The van der Waals surface area contributed by atoms with E-state index in [4.69, 9.17) is 9.16 Å². The third kappa shape index (κ3) is 5.91. The first-order valence-electron chi connectivity index (χ1n) is 13.4. The highest BCUT2D eigenvalue weighted by molar-refractivity contribution is 6.99. The van der Waals surface area contributed by atoms with Gasteiger partial charge in [-0.1, -0.05) is 93.6 Å². The molecule has 0 radical (unpaired) electrons. The second-order valence-electron chi connectivity index (χ2n) is 11.2. The highest BCUT2D eigenvalue weighted by atomic mass is 28.4. The molecule has 0 spiro atoms. The number of rotatable bonds is 10. The summed E-state index contributed by atoms with van der Waals surface area (Å²) in [6, 6.07) is 25.2. The summed E-state index contributed by atoms with van der Waals surface area (Å²) in [6.45, 7) is 6.95. The quantitative estimate of drug-likeness (QED) is 0.321.